The molecule has 0 spiro atoms. The van der Waals surface area contributed by atoms with E-state index >= 15 is 0 Å². The molecule has 0 aliphatic heterocycles. The fourth-order valence-electron chi connectivity index (χ4n) is 1.26. The molecule has 2 nitrogen and oxygen atoms in total. The lowest BCUT2D eigenvalue weighted by Crippen LogP contribution is -2.27. The highest BCUT2D eigenvalue weighted by atomic mass is 79.9. The van der Waals surface area contributed by atoms with E-state index in [4.69, 9.17) is 0 Å². The molecule has 0 fully saturated rings. The van der Waals surface area contributed by atoms with Crippen molar-refractivity contribution in [3.8, 4) is 0 Å². The first-order chi connectivity index (χ1) is 6.72. The molecule has 0 aliphatic rings. The van der Waals surface area contributed by atoms with Gasteiger partial charge in [0.05, 0.1) is 0 Å². The number of amides is 1. The zero-order chi connectivity index (χ0) is 10.8. The molecule has 0 aromatic rings. The van der Waals surface area contributed by atoms with Crippen LogP contribution in [-0.4, -0.2) is 29.7 Å². The summed E-state index contributed by atoms with van der Waals surface area (Å²) in [4.78, 5) is 13.3. The van der Waals surface area contributed by atoms with Crippen LogP contribution in [0, 0.1) is 0 Å². The van der Waals surface area contributed by atoms with E-state index in [1.165, 1.54) is 12.8 Å². The maximum atomic E-state index is 11.5. The number of hydrogen-bond acceptors (Lipinski definition) is 1. The molecule has 0 bridgehead atoms. The van der Waals surface area contributed by atoms with E-state index in [1.54, 1.807) is 0 Å². The lowest BCUT2D eigenvalue weighted by atomic mass is 10.2. The first kappa shape index (κ1) is 13.9. The van der Waals surface area contributed by atoms with E-state index < -0.39 is 0 Å². The summed E-state index contributed by atoms with van der Waals surface area (Å²) in [5.74, 6) is 0.297. The SMILES string of the molecule is CCCCC(=O)N(C)CCCCCBr. The van der Waals surface area contributed by atoms with E-state index in [0.29, 0.717) is 12.3 Å². The Labute approximate surface area is 96.2 Å². The molecule has 0 atom stereocenters. The third-order valence-electron chi connectivity index (χ3n) is 2.30. The van der Waals surface area contributed by atoms with Crippen molar-refractivity contribution in [2.75, 3.05) is 18.9 Å². The van der Waals surface area contributed by atoms with Gasteiger partial charge < -0.3 is 4.90 Å². The Morgan fingerprint density at radius 2 is 1.93 bits per heavy atom. The zero-order valence-electron chi connectivity index (χ0n) is 9.39. The van der Waals surface area contributed by atoms with Gasteiger partial charge in [-0.15, -0.1) is 0 Å². The van der Waals surface area contributed by atoms with Crippen molar-refractivity contribution < 1.29 is 4.79 Å². The van der Waals surface area contributed by atoms with Crippen LogP contribution in [-0.2, 0) is 4.79 Å². The Morgan fingerprint density at radius 1 is 1.21 bits per heavy atom. The summed E-state index contributed by atoms with van der Waals surface area (Å²) in [5.41, 5.74) is 0. The van der Waals surface area contributed by atoms with Crippen LogP contribution in [0.2, 0.25) is 0 Å². The Hall–Kier alpha value is -0.0500. The molecule has 0 aromatic heterocycles. The van der Waals surface area contributed by atoms with Crippen LogP contribution in [0.25, 0.3) is 0 Å². The second-order valence-corrected chi connectivity index (χ2v) is 4.46. The van der Waals surface area contributed by atoms with E-state index in [0.717, 1.165) is 31.1 Å². The highest BCUT2D eigenvalue weighted by Gasteiger charge is 2.06. The van der Waals surface area contributed by atoms with Gasteiger partial charge in [-0.3, -0.25) is 4.79 Å². The zero-order valence-corrected chi connectivity index (χ0v) is 11.0. The number of unbranched alkanes of at least 4 members (excludes halogenated alkanes) is 3. The number of hydrogen-bond donors (Lipinski definition) is 0. The monoisotopic (exact) mass is 263 g/mol. The van der Waals surface area contributed by atoms with Crippen molar-refractivity contribution in [1.29, 1.82) is 0 Å². The minimum Gasteiger partial charge on any atom is -0.346 e. The standard InChI is InChI=1S/C11H22BrNO/c1-3-4-8-11(14)13(2)10-7-5-6-9-12/h3-10H2,1-2H3. The maximum Gasteiger partial charge on any atom is 0.222 e. The normalized spacial score (nSPS) is 10.2. The van der Waals surface area contributed by atoms with Crippen molar-refractivity contribution in [2.45, 2.75) is 45.4 Å². The summed E-state index contributed by atoms with van der Waals surface area (Å²) in [5, 5.41) is 1.07. The second-order valence-electron chi connectivity index (χ2n) is 3.67. The number of nitrogens with zero attached hydrogens (tertiary/aromatic N) is 1. The smallest absolute Gasteiger partial charge is 0.222 e. The van der Waals surface area contributed by atoms with Gasteiger partial charge >= 0.3 is 0 Å². The molecule has 0 heterocycles. The number of halogens is 1. The predicted octanol–water partition coefficient (Wildman–Crippen LogP) is 3.20. The summed E-state index contributed by atoms with van der Waals surface area (Å²) in [6.07, 6.45) is 6.37. The minimum absolute atomic E-state index is 0.297. The van der Waals surface area contributed by atoms with Crippen LogP contribution >= 0.6 is 15.9 Å². The third kappa shape index (κ3) is 7.36. The second kappa shape index (κ2) is 9.50. The molecule has 0 unspecified atom stereocenters. The molecular weight excluding hydrogens is 242 g/mol. The first-order valence-corrected chi connectivity index (χ1v) is 6.64. The van der Waals surface area contributed by atoms with E-state index in [1.807, 2.05) is 11.9 Å². The molecule has 1 amide bonds. The number of carbonyl (C=O) groups is 1. The Kier molecular flexibility index (Phi) is 9.47. The predicted molar refractivity (Wildman–Crippen MR) is 64.8 cm³/mol. The van der Waals surface area contributed by atoms with Crippen molar-refractivity contribution in [2.24, 2.45) is 0 Å². The van der Waals surface area contributed by atoms with Gasteiger partial charge in [0, 0.05) is 25.3 Å². The molecule has 0 saturated carbocycles. The molecule has 0 aromatic carbocycles. The number of carbonyl (C=O) groups excluding carboxylic acids is 1. The van der Waals surface area contributed by atoms with Crippen molar-refractivity contribution >= 4 is 21.8 Å². The van der Waals surface area contributed by atoms with Gasteiger partial charge in [-0.25, -0.2) is 0 Å². The third-order valence-corrected chi connectivity index (χ3v) is 2.86. The van der Waals surface area contributed by atoms with Gasteiger partial charge in [0.25, 0.3) is 0 Å². The van der Waals surface area contributed by atoms with Gasteiger partial charge in [-0.1, -0.05) is 35.7 Å². The van der Waals surface area contributed by atoms with Gasteiger partial charge in [0.2, 0.25) is 5.91 Å². The average molecular weight is 264 g/mol. The number of alkyl halides is 1. The lowest BCUT2D eigenvalue weighted by Gasteiger charge is -2.16. The van der Waals surface area contributed by atoms with Crippen LogP contribution in [0.15, 0.2) is 0 Å². The maximum absolute atomic E-state index is 11.5. The number of rotatable bonds is 8. The van der Waals surface area contributed by atoms with E-state index in [9.17, 15) is 4.79 Å². The highest BCUT2D eigenvalue weighted by molar-refractivity contribution is 9.09. The summed E-state index contributed by atoms with van der Waals surface area (Å²) in [6, 6.07) is 0. The molecule has 0 radical (unpaired) electrons. The topological polar surface area (TPSA) is 20.3 Å². The van der Waals surface area contributed by atoms with Gasteiger partial charge in [0.15, 0.2) is 0 Å². The summed E-state index contributed by atoms with van der Waals surface area (Å²) < 4.78 is 0. The fraction of sp³-hybridized carbons (Fsp3) is 0.909. The molecule has 0 N–H and O–H groups in total. The van der Waals surface area contributed by atoms with Crippen LogP contribution in [0.3, 0.4) is 0 Å². The largest absolute Gasteiger partial charge is 0.346 e. The summed E-state index contributed by atoms with van der Waals surface area (Å²) in [6.45, 7) is 3.03. The summed E-state index contributed by atoms with van der Waals surface area (Å²) in [7, 11) is 1.91. The Morgan fingerprint density at radius 3 is 2.50 bits per heavy atom. The highest BCUT2D eigenvalue weighted by Crippen LogP contribution is 2.03. The van der Waals surface area contributed by atoms with Crippen molar-refractivity contribution in [3.05, 3.63) is 0 Å². The summed E-state index contributed by atoms with van der Waals surface area (Å²) >= 11 is 3.40. The van der Waals surface area contributed by atoms with Crippen LogP contribution in [0.1, 0.15) is 45.4 Å². The van der Waals surface area contributed by atoms with Crippen molar-refractivity contribution in [1.82, 2.24) is 4.90 Å². The van der Waals surface area contributed by atoms with E-state index in [2.05, 4.69) is 22.9 Å². The van der Waals surface area contributed by atoms with Gasteiger partial charge in [0.1, 0.15) is 0 Å². The van der Waals surface area contributed by atoms with E-state index in [-0.39, 0.29) is 0 Å². The minimum atomic E-state index is 0.297. The lowest BCUT2D eigenvalue weighted by molar-refractivity contribution is -0.130. The molecule has 0 saturated heterocycles. The molecule has 3 heteroatoms. The molecule has 0 rings (SSSR count). The quantitative estimate of drug-likeness (QED) is 0.487. The fourth-order valence-corrected chi connectivity index (χ4v) is 1.66. The molecule has 14 heavy (non-hydrogen) atoms. The average Bonchev–Trinajstić information content (AvgIpc) is 2.20. The van der Waals surface area contributed by atoms with Gasteiger partial charge in [-0.05, 0) is 19.3 Å². The van der Waals surface area contributed by atoms with Crippen molar-refractivity contribution in [3.63, 3.8) is 0 Å². The van der Waals surface area contributed by atoms with Gasteiger partial charge in [-0.2, -0.15) is 0 Å². The van der Waals surface area contributed by atoms with Crippen LogP contribution in [0.4, 0.5) is 0 Å². The van der Waals surface area contributed by atoms with Crippen LogP contribution < -0.4 is 0 Å². The molecular formula is C11H22BrNO. The molecule has 0 aliphatic carbocycles. The Bertz CT molecular complexity index is 150. The molecule has 84 valence electrons. The Balaban J connectivity index is 3.42. The van der Waals surface area contributed by atoms with Crippen LogP contribution in [0.5, 0.6) is 0 Å². The first-order valence-electron chi connectivity index (χ1n) is 5.52.